The highest BCUT2D eigenvalue weighted by molar-refractivity contribution is 5.50. The standard InChI is InChI=1S/C21H31N7O/c1-17(14-26-9-11-27(12-10-26)20-6-2-3-7-22-20)25-19-13-21(24-16-23-19)28-8-4-5-18(28)15-29/h2-3,6-7,13,16-18,29H,4-5,8-12,14-15H2,1H3,(H,23,24,25). The van der Waals surface area contributed by atoms with Crippen molar-refractivity contribution in [1.29, 1.82) is 0 Å². The molecule has 0 aliphatic carbocycles. The maximum Gasteiger partial charge on any atom is 0.134 e. The Morgan fingerprint density at radius 1 is 1.10 bits per heavy atom. The van der Waals surface area contributed by atoms with Crippen LogP contribution in [-0.2, 0) is 0 Å². The molecule has 8 heteroatoms. The van der Waals surface area contributed by atoms with Gasteiger partial charge in [-0.05, 0) is 31.9 Å². The summed E-state index contributed by atoms with van der Waals surface area (Å²) < 4.78 is 0. The molecule has 2 aliphatic rings. The van der Waals surface area contributed by atoms with E-state index in [1.165, 1.54) is 0 Å². The fourth-order valence-corrected chi connectivity index (χ4v) is 4.30. The van der Waals surface area contributed by atoms with Gasteiger partial charge >= 0.3 is 0 Å². The van der Waals surface area contributed by atoms with Gasteiger partial charge in [0.25, 0.3) is 0 Å². The van der Waals surface area contributed by atoms with Crippen LogP contribution in [0.4, 0.5) is 17.5 Å². The number of nitrogens with zero attached hydrogens (tertiary/aromatic N) is 6. The predicted molar refractivity (Wildman–Crippen MR) is 115 cm³/mol. The molecule has 0 aromatic carbocycles. The second-order valence-corrected chi connectivity index (χ2v) is 7.95. The van der Waals surface area contributed by atoms with Crippen LogP contribution in [0, 0.1) is 0 Å². The summed E-state index contributed by atoms with van der Waals surface area (Å²) in [5, 5.41) is 13.1. The van der Waals surface area contributed by atoms with Crippen molar-refractivity contribution in [2.24, 2.45) is 0 Å². The molecule has 2 aromatic heterocycles. The van der Waals surface area contributed by atoms with E-state index in [2.05, 4.69) is 48.0 Å². The second-order valence-electron chi connectivity index (χ2n) is 7.95. The lowest BCUT2D eigenvalue weighted by molar-refractivity contribution is 0.250. The number of piperazine rings is 1. The SMILES string of the molecule is CC(CN1CCN(c2ccccn2)CC1)Nc1cc(N2CCCC2CO)ncn1. The minimum atomic E-state index is 0.172. The Hall–Kier alpha value is -2.45. The number of aliphatic hydroxyl groups excluding tert-OH is 1. The first-order chi connectivity index (χ1) is 14.2. The number of nitrogens with one attached hydrogen (secondary N) is 1. The first-order valence-corrected chi connectivity index (χ1v) is 10.6. The molecular formula is C21H31N7O. The lowest BCUT2D eigenvalue weighted by Crippen LogP contribution is -2.49. The average Bonchev–Trinajstić information content (AvgIpc) is 3.24. The van der Waals surface area contributed by atoms with Gasteiger partial charge in [-0.2, -0.15) is 0 Å². The molecule has 4 heterocycles. The molecule has 4 rings (SSSR count). The number of pyridine rings is 1. The zero-order valence-electron chi connectivity index (χ0n) is 17.1. The van der Waals surface area contributed by atoms with Crippen LogP contribution in [0.5, 0.6) is 0 Å². The molecule has 8 nitrogen and oxygen atoms in total. The highest BCUT2D eigenvalue weighted by Crippen LogP contribution is 2.24. The van der Waals surface area contributed by atoms with Crippen molar-refractivity contribution in [2.75, 3.05) is 61.0 Å². The fourth-order valence-electron chi connectivity index (χ4n) is 4.30. The van der Waals surface area contributed by atoms with E-state index >= 15 is 0 Å². The first-order valence-electron chi connectivity index (χ1n) is 10.6. The summed E-state index contributed by atoms with van der Waals surface area (Å²) in [6.07, 6.45) is 5.58. The Kier molecular flexibility index (Phi) is 6.41. The Balaban J connectivity index is 1.28. The molecule has 0 saturated carbocycles. The van der Waals surface area contributed by atoms with Crippen molar-refractivity contribution in [3.05, 3.63) is 36.8 Å². The number of rotatable bonds is 7. The maximum absolute atomic E-state index is 9.57. The van der Waals surface area contributed by atoms with Crippen LogP contribution in [0.3, 0.4) is 0 Å². The first kappa shape index (κ1) is 19.8. The second kappa shape index (κ2) is 9.37. The Bertz CT molecular complexity index is 767. The lowest BCUT2D eigenvalue weighted by atomic mass is 10.2. The molecule has 2 saturated heterocycles. The summed E-state index contributed by atoms with van der Waals surface area (Å²) in [4.78, 5) is 20.3. The number of aliphatic hydroxyl groups is 1. The summed E-state index contributed by atoms with van der Waals surface area (Å²) in [5.74, 6) is 2.81. The summed E-state index contributed by atoms with van der Waals surface area (Å²) in [7, 11) is 0. The van der Waals surface area contributed by atoms with Crippen molar-refractivity contribution >= 4 is 17.5 Å². The molecule has 2 atom stereocenters. The van der Waals surface area contributed by atoms with Crippen LogP contribution >= 0.6 is 0 Å². The zero-order valence-corrected chi connectivity index (χ0v) is 17.1. The van der Waals surface area contributed by atoms with E-state index in [4.69, 9.17) is 0 Å². The van der Waals surface area contributed by atoms with Crippen LogP contribution in [0.25, 0.3) is 0 Å². The molecule has 2 aromatic rings. The monoisotopic (exact) mass is 397 g/mol. The van der Waals surface area contributed by atoms with Gasteiger partial charge in [0.1, 0.15) is 23.8 Å². The number of aromatic nitrogens is 3. The van der Waals surface area contributed by atoms with E-state index in [-0.39, 0.29) is 18.7 Å². The number of hydrogen-bond donors (Lipinski definition) is 2. The van der Waals surface area contributed by atoms with Gasteiger partial charge in [0.15, 0.2) is 0 Å². The molecule has 156 valence electrons. The molecule has 2 N–H and O–H groups in total. The van der Waals surface area contributed by atoms with Gasteiger partial charge in [0, 0.05) is 57.6 Å². The van der Waals surface area contributed by atoms with Crippen LogP contribution in [0.15, 0.2) is 36.8 Å². The normalized spacial score (nSPS) is 21.4. The average molecular weight is 398 g/mol. The van der Waals surface area contributed by atoms with Gasteiger partial charge in [0.2, 0.25) is 0 Å². The van der Waals surface area contributed by atoms with Crippen molar-refractivity contribution in [2.45, 2.75) is 31.8 Å². The molecule has 2 aliphatic heterocycles. The molecule has 29 heavy (non-hydrogen) atoms. The summed E-state index contributed by atoms with van der Waals surface area (Å²) in [6.45, 7) is 8.34. The van der Waals surface area contributed by atoms with Crippen LogP contribution in [0.2, 0.25) is 0 Å². The number of anilines is 3. The van der Waals surface area contributed by atoms with E-state index in [0.29, 0.717) is 0 Å². The largest absolute Gasteiger partial charge is 0.394 e. The molecule has 2 fully saturated rings. The maximum atomic E-state index is 9.57. The summed E-state index contributed by atoms with van der Waals surface area (Å²) in [5.41, 5.74) is 0. The van der Waals surface area contributed by atoms with Gasteiger partial charge in [-0.15, -0.1) is 0 Å². The van der Waals surface area contributed by atoms with Crippen LogP contribution < -0.4 is 15.1 Å². The Morgan fingerprint density at radius 3 is 2.72 bits per heavy atom. The fraction of sp³-hybridized carbons (Fsp3) is 0.571. The molecule has 0 spiro atoms. The van der Waals surface area contributed by atoms with Crippen molar-refractivity contribution < 1.29 is 5.11 Å². The van der Waals surface area contributed by atoms with Crippen LogP contribution in [-0.4, -0.2) is 82.9 Å². The zero-order chi connectivity index (χ0) is 20.1. The van der Waals surface area contributed by atoms with E-state index in [0.717, 1.165) is 69.6 Å². The minimum absolute atomic E-state index is 0.172. The van der Waals surface area contributed by atoms with E-state index in [9.17, 15) is 5.11 Å². The van der Waals surface area contributed by atoms with Gasteiger partial charge in [-0.1, -0.05) is 6.07 Å². The van der Waals surface area contributed by atoms with Crippen molar-refractivity contribution in [3.8, 4) is 0 Å². The third kappa shape index (κ3) is 4.94. The van der Waals surface area contributed by atoms with Crippen molar-refractivity contribution in [3.63, 3.8) is 0 Å². The van der Waals surface area contributed by atoms with Crippen molar-refractivity contribution in [1.82, 2.24) is 19.9 Å². The third-order valence-corrected chi connectivity index (χ3v) is 5.81. The number of hydrogen-bond acceptors (Lipinski definition) is 8. The molecular weight excluding hydrogens is 366 g/mol. The highest BCUT2D eigenvalue weighted by atomic mass is 16.3. The van der Waals surface area contributed by atoms with Gasteiger partial charge in [-0.25, -0.2) is 15.0 Å². The van der Waals surface area contributed by atoms with Gasteiger partial charge in [0.05, 0.1) is 12.6 Å². The molecule has 0 radical (unpaired) electrons. The minimum Gasteiger partial charge on any atom is -0.394 e. The van der Waals surface area contributed by atoms with E-state index in [1.54, 1.807) is 6.33 Å². The molecule has 2 unspecified atom stereocenters. The van der Waals surface area contributed by atoms with E-state index < -0.39 is 0 Å². The molecule has 0 amide bonds. The smallest absolute Gasteiger partial charge is 0.134 e. The quantitative estimate of drug-likeness (QED) is 0.727. The third-order valence-electron chi connectivity index (χ3n) is 5.81. The van der Waals surface area contributed by atoms with Gasteiger partial charge < -0.3 is 20.2 Å². The Labute approximate surface area is 172 Å². The molecule has 0 bridgehead atoms. The predicted octanol–water partition coefficient (Wildman–Crippen LogP) is 1.46. The Morgan fingerprint density at radius 2 is 1.97 bits per heavy atom. The van der Waals surface area contributed by atoms with Gasteiger partial charge in [-0.3, -0.25) is 4.90 Å². The lowest BCUT2D eigenvalue weighted by Gasteiger charge is -2.36. The summed E-state index contributed by atoms with van der Waals surface area (Å²) in [6, 6.07) is 8.54. The highest BCUT2D eigenvalue weighted by Gasteiger charge is 2.25. The van der Waals surface area contributed by atoms with Crippen LogP contribution in [0.1, 0.15) is 19.8 Å². The summed E-state index contributed by atoms with van der Waals surface area (Å²) >= 11 is 0. The van der Waals surface area contributed by atoms with E-state index in [1.807, 2.05) is 24.4 Å². The topological polar surface area (TPSA) is 80.7 Å².